The Kier molecular flexibility index (Phi) is 6.80. The predicted molar refractivity (Wildman–Crippen MR) is 107 cm³/mol. The Morgan fingerprint density at radius 1 is 1.00 bits per heavy atom. The van der Waals surface area contributed by atoms with Crippen molar-refractivity contribution in [1.29, 1.82) is 0 Å². The average Bonchev–Trinajstić information content (AvgIpc) is 3.05. The van der Waals surface area contributed by atoms with Gasteiger partial charge in [0.1, 0.15) is 0 Å². The average molecular weight is 393 g/mol. The van der Waals surface area contributed by atoms with Crippen LogP contribution in [0.1, 0.15) is 12.0 Å². The summed E-state index contributed by atoms with van der Waals surface area (Å²) >= 11 is 12.5. The highest BCUT2D eigenvalue weighted by atomic mass is 35.5. The molecule has 1 aliphatic rings. The molecule has 1 heterocycles. The van der Waals surface area contributed by atoms with Gasteiger partial charge in [0.2, 0.25) is 0 Å². The van der Waals surface area contributed by atoms with E-state index in [1.807, 2.05) is 53.5 Å². The number of anilines is 1. The summed E-state index contributed by atoms with van der Waals surface area (Å²) in [5, 5.41) is 3.48. The molecule has 0 radical (unpaired) electrons. The summed E-state index contributed by atoms with van der Waals surface area (Å²) < 4.78 is 11.2. The maximum absolute atomic E-state index is 6.34. The van der Waals surface area contributed by atoms with E-state index < -0.39 is 0 Å². The molecule has 0 spiro atoms. The minimum Gasteiger partial charge on any atom is -0.384 e. The van der Waals surface area contributed by atoms with Crippen molar-refractivity contribution in [3.05, 3.63) is 75.4 Å². The second kappa shape index (κ2) is 9.28. The van der Waals surface area contributed by atoms with Gasteiger partial charge in [0.15, 0.2) is 0 Å². The van der Waals surface area contributed by atoms with E-state index in [1.54, 1.807) is 7.11 Å². The molecule has 0 saturated heterocycles. The summed E-state index contributed by atoms with van der Waals surface area (Å²) in [5.41, 5.74) is 7.68. The molecule has 0 fully saturated rings. The number of nitrogens with one attached hydrogen (secondary N) is 1. The highest BCUT2D eigenvalue weighted by Crippen LogP contribution is 2.29. The molecule has 2 aromatic carbocycles. The molecular formula is C20H22Cl2N2O2. The van der Waals surface area contributed by atoms with Crippen LogP contribution in [-0.2, 0) is 16.1 Å². The van der Waals surface area contributed by atoms with Crippen LogP contribution in [0.5, 0.6) is 0 Å². The van der Waals surface area contributed by atoms with Gasteiger partial charge in [-0.25, -0.2) is 0 Å². The van der Waals surface area contributed by atoms with Crippen LogP contribution in [0.15, 0.2) is 59.8 Å². The number of ether oxygens (including phenoxy) is 2. The monoisotopic (exact) mass is 392 g/mol. The van der Waals surface area contributed by atoms with Crippen LogP contribution in [0, 0.1) is 0 Å². The molecule has 0 amide bonds. The zero-order valence-corrected chi connectivity index (χ0v) is 16.2. The lowest BCUT2D eigenvalue weighted by atomic mass is 10.2. The first-order chi connectivity index (χ1) is 12.7. The molecule has 0 atom stereocenters. The van der Waals surface area contributed by atoms with Gasteiger partial charge >= 0.3 is 0 Å². The maximum Gasteiger partial charge on any atom is 0.0761 e. The third kappa shape index (κ3) is 4.71. The van der Waals surface area contributed by atoms with Crippen LogP contribution in [0.3, 0.4) is 0 Å². The predicted octanol–water partition coefficient (Wildman–Crippen LogP) is 4.83. The zero-order chi connectivity index (χ0) is 18.4. The first kappa shape index (κ1) is 19.1. The summed E-state index contributed by atoms with van der Waals surface area (Å²) in [6.07, 6.45) is 0.794. The standard InChI is InChI=1S/C20H22Cl2N2O2/c1-25-11-10-19-16(14-26-13-15-6-2-3-7-17(15)21)12-24(23-19)20-9-5-4-8-18(20)22/h2-9,23H,10-14H2,1H3. The van der Waals surface area contributed by atoms with Crippen LogP contribution in [-0.4, -0.2) is 26.9 Å². The normalized spacial score (nSPS) is 14.0. The second-order valence-corrected chi connectivity index (χ2v) is 6.87. The van der Waals surface area contributed by atoms with Crippen molar-refractivity contribution in [3.63, 3.8) is 0 Å². The topological polar surface area (TPSA) is 33.7 Å². The number of hydrogen-bond acceptors (Lipinski definition) is 4. The number of halogens is 2. The van der Waals surface area contributed by atoms with Gasteiger partial charge in [0.05, 0.1) is 37.1 Å². The van der Waals surface area contributed by atoms with Gasteiger partial charge in [-0.3, -0.25) is 5.01 Å². The third-order valence-electron chi connectivity index (χ3n) is 4.24. The summed E-state index contributed by atoms with van der Waals surface area (Å²) in [6.45, 7) is 2.36. The number of para-hydroxylation sites is 1. The van der Waals surface area contributed by atoms with E-state index >= 15 is 0 Å². The molecule has 3 rings (SSSR count). The van der Waals surface area contributed by atoms with Crippen LogP contribution >= 0.6 is 23.2 Å². The minimum absolute atomic E-state index is 0.479. The van der Waals surface area contributed by atoms with Crippen molar-refractivity contribution in [2.75, 3.05) is 31.9 Å². The van der Waals surface area contributed by atoms with E-state index in [9.17, 15) is 0 Å². The summed E-state index contributed by atoms with van der Waals surface area (Å²) in [7, 11) is 1.70. The summed E-state index contributed by atoms with van der Waals surface area (Å²) in [5.74, 6) is 0. The SMILES string of the molecule is COCCC1=C(COCc2ccccc2Cl)CN(c2ccccc2Cl)N1. The van der Waals surface area contributed by atoms with E-state index in [0.29, 0.717) is 31.4 Å². The van der Waals surface area contributed by atoms with Gasteiger partial charge in [-0.2, -0.15) is 0 Å². The molecule has 1 N–H and O–H groups in total. The van der Waals surface area contributed by atoms with Crippen molar-refractivity contribution in [2.45, 2.75) is 13.0 Å². The number of rotatable bonds is 8. The summed E-state index contributed by atoms with van der Waals surface area (Å²) in [6, 6.07) is 15.5. The molecule has 0 aromatic heterocycles. The molecule has 4 nitrogen and oxygen atoms in total. The van der Waals surface area contributed by atoms with Crippen LogP contribution in [0.25, 0.3) is 0 Å². The second-order valence-electron chi connectivity index (χ2n) is 6.06. The number of hydrazine groups is 1. The molecule has 26 heavy (non-hydrogen) atoms. The minimum atomic E-state index is 0.479. The number of methoxy groups -OCH3 is 1. The first-order valence-electron chi connectivity index (χ1n) is 8.48. The molecule has 1 aliphatic heterocycles. The van der Waals surface area contributed by atoms with Gasteiger partial charge in [-0.05, 0) is 29.3 Å². The Morgan fingerprint density at radius 3 is 2.46 bits per heavy atom. The Balaban J connectivity index is 1.65. The molecule has 0 aliphatic carbocycles. The van der Waals surface area contributed by atoms with Crippen molar-refractivity contribution in [2.24, 2.45) is 0 Å². The van der Waals surface area contributed by atoms with Crippen LogP contribution in [0.4, 0.5) is 5.69 Å². The molecule has 138 valence electrons. The van der Waals surface area contributed by atoms with Crippen molar-refractivity contribution in [1.82, 2.24) is 5.43 Å². The summed E-state index contributed by atoms with van der Waals surface area (Å²) in [4.78, 5) is 0. The van der Waals surface area contributed by atoms with Crippen molar-refractivity contribution >= 4 is 28.9 Å². The largest absolute Gasteiger partial charge is 0.384 e. The van der Waals surface area contributed by atoms with Crippen molar-refractivity contribution < 1.29 is 9.47 Å². The highest BCUT2D eigenvalue weighted by Gasteiger charge is 2.23. The fourth-order valence-electron chi connectivity index (χ4n) is 2.85. The van der Waals surface area contributed by atoms with Gasteiger partial charge in [-0.15, -0.1) is 0 Å². The molecule has 0 bridgehead atoms. The molecule has 6 heteroatoms. The maximum atomic E-state index is 6.34. The van der Waals surface area contributed by atoms with E-state index in [1.165, 1.54) is 5.57 Å². The van der Waals surface area contributed by atoms with E-state index in [-0.39, 0.29) is 0 Å². The highest BCUT2D eigenvalue weighted by molar-refractivity contribution is 6.33. The van der Waals surface area contributed by atoms with Crippen molar-refractivity contribution in [3.8, 4) is 0 Å². The number of hydrogen-bond donors (Lipinski definition) is 1. The van der Waals surface area contributed by atoms with E-state index in [2.05, 4.69) is 5.43 Å². The van der Waals surface area contributed by atoms with Gasteiger partial charge in [-0.1, -0.05) is 53.5 Å². The number of nitrogens with zero attached hydrogens (tertiary/aromatic N) is 1. The Bertz CT molecular complexity index is 780. The lowest BCUT2D eigenvalue weighted by Crippen LogP contribution is -2.32. The van der Waals surface area contributed by atoms with Gasteiger partial charge < -0.3 is 14.9 Å². The smallest absolute Gasteiger partial charge is 0.0761 e. The Morgan fingerprint density at radius 2 is 1.73 bits per heavy atom. The van der Waals surface area contributed by atoms with Crippen LogP contribution < -0.4 is 10.4 Å². The molecule has 0 unspecified atom stereocenters. The van der Waals surface area contributed by atoms with E-state index in [4.69, 9.17) is 32.7 Å². The Hall–Kier alpha value is -1.72. The molecular weight excluding hydrogens is 371 g/mol. The fourth-order valence-corrected chi connectivity index (χ4v) is 3.28. The molecule has 2 aromatic rings. The van der Waals surface area contributed by atoms with E-state index in [0.717, 1.165) is 28.4 Å². The fraction of sp³-hybridized carbons (Fsp3) is 0.300. The number of benzene rings is 2. The Labute approximate surface area is 164 Å². The van der Waals surface area contributed by atoms with Gasteiger partial charge in [0.25, 0.3) is 0 Å². The first-order valence-corrected chi connectivity index (χ1v) is 9.24. The van der Waals surface area contributed by atoms with Crippen LogP contribution in [0.2, 0.25) is 10.0 Å². The van der Waals surface area contributed by atoms with Gasteiger partial charge in [0, 0.05) is 24.3 Å². The lowest BCUT2D eigenvalue weighted by Gasteiger charge is -2.21. The quantitative estimate of drug-likeness (QED) is 0.697. The lowest BCUT2D eigenvalue weighted by molar-refractivity contribution is 0.141. The third-order valence-corrected chi connectivity index (χ3v) is 4.93. The zero-order valence-electron chi connectivity index (χ0n) is 14.7. The molecule has 0 saturated carbocycles.